The predicted octanol–water partition coefficient (Wildman–Crippen LogP) is 6.19. The van der Waals surface area contributed by atoms with Gasteiger partial charge in [0.25, 0.3) is 5.91 Å². The van der Waals surface area contributed by atoms with Crippen molar-refractivity contribution in [2.75, 3.05) is 38.0 Å². The number of nitrogens with zero attached hydrogens (tertiary/aromatic N) is 2. The van der Waals surface area contributed by atoms with Gasteiger partial charge in [-0.25, -0.2) is 0 Å². The summed E-state index contributed by atoms with van der Waals surface area (Å²) in [6.07, 6.45) is 2.39. The molecule has 1 saturated heterocycles. The number of benzene rings is 1. The largest absolute Gasteiger partial charge is 0.459 e. The third-order valence-corrected chi connectivity index (χ3v) is 7.68. The zero-order valence-electron chi connectivity index (χ0n) is 18.2. The molecular weight excluding hydrogens is 465 g/mol. The van der Waals surface area contributed by atoms with Gasteiger partial charge >= 0.3 is 0 Å². The maximum atomic E-state index is 12.8. The first-order valence-electron chi connectivity index (χ1n) is 10.9. The summed E-state index contributed by atoms with van der Waals surface area (Å²) in [6, 6.07) is 11.2. The van der Waals surface area contributed by atoms with E-state index in [2.05, 4.69) is 35.0 Å². The summed E-state index contributed by atoms with van der Waals surface area (Å²) in [5.74, 6) is 0.0394. The molecule has 3 heterocycles. The molecule has 3 aromatic rings. The fraction of sp³-hybridized carbons (Fsp3) is 0.375. The maximum absolute atomic E-state index is 12.8. The second kappa shape index (κ2) is 10.4. The summed E-state index contributed by atoms with van der Waals surface area (Å²) in [7, 11) is 0. The molecule has 1 aromatic carbocycles. The number of amides is 1. The number of rotatable bonds is 7. The van der Waals surface area contributed by atoms with Crippen molar-refractivity contribution in [3.8, 4) is 0 Å². The van der Waals surface area contributed by atoms with Crippen LogP contribution in [0.1, 0.15) is 46.4 Å². The first kappa shape index (κ1) is 23.3. The van der Waals surface area contributed by atoms with Crippen LogP contribution in [0.4, 0.5) is 5.00 Å². The Morgan fingerprint density at radius 3 is 2.53 bits per heavy atom. The van der Waals surface area contributed by atoms with E-state index in [1.165, 1.54) is 11.1 Å². The molecule has 1 aliphatic heterocycles. The van der Waals surface area contributed by atoms with E-state index in [9.17, 15) is 4.79 Å². The van der Waals surface area contributed by atoms with Gasteiger partial charge in [-0.2, -0.15) is 0 Å². The van der Waals surface area contributed by atoms with Crippen molar-refractivity contribution < 1.29 is 9.21 Å². The molecule has 32 heavy (non-hydrogen) atoms. The molecule has 1 aliphatic rings. The lowest BCUT2D eigenvalue weighted by atomic mass is 9.97. The Hall–Kier alpha value is -1.83. The average molecular weight is 492 g/mol. The highest BCUT2D eigenvalue weighted by Crippen LogP contribution is 2.42. The number of hydrogen-bond donors (Lipinski definition) is 1. The number of hydrogen-bond acceptors (Lipinski definition) is 5. The van der Waals surface area contributed by atoms with Crippen LogP contribution in [0.25, 0.3) is 0 Å². The molecule has 1 atom stereocenters. The Balaban J connectivity index is 1.75. The zero-order valence-corrected chi connectivity index (χ0v) is 20.6. The molecule has 0 saturated carbocycles. The van der Waals surface area contributed by atoms with Crippen LogP contribution in [0, 0.1) is 0 Å². The molecule has 0 unspecified atom stereocenters. The number of carbonyl (C=O) groups is 1. The summed E-state index contributed by atoms with van der Waals surface area (Å²) in [5.41, 5.74) is 2.05. The summed E-state index contributed by atoms with van der Waals surface area (Å²) < 4.78 is 5.30. The minimum atomic E-state index is -0.252. The Kier molecular flexibility index (Phi) is 7.59. The Morgan fingerprint density at radius 2 is 1.91 bits per heavy atom. The number of nitrogens with one attached hydrogen (secondary N) is 1. The normalized spacial score (nSPS) is 16.2. The molecule has 170 valence electrons. The molecule has 1 amide bonds. The molecule has 0 aliphatic carbocycles. The quantitative estimate of drug-likeness (QED) is 0.427. The molecule has 2 aromatic heterocycles. The molecule has 0 bridgehead atoms. The van der Waals surface area contributed by atoms with Gasteiger partial charge in [0.05, 0.1) is 12.3 Å². The summed E-state index contributed by atoms with van der Waals surface area (Å²) in [5, 5.41) is 5.16. The van der Waals surface area contributed by atoms with Crippen molar-refractivity contribution in [1.82, 2.24) is 9.80 Å². The van der Waals surface area contributed by atoms with Crippen LogP contribution in [-0.2, 0) is 6.42 Å². The third-order valence-electron chi connectivity index (χ3n) is 5.90. The van der Waals surface area contributed by atoms with Gasteiger partial charge in [0.2, 0.25) is 0 Å². The predicted molar refractivity (Wildman–Crippen MR) is 132 cm³/mol. The third kappa shape index (κ3) is 5.05. The minimum Gasteiger partial charge on any atom is -0.459 e. The SMILES string of the molecule is CCc1cc([C@H](c2ccc(Cl)cc2Cl)N2CCN(CC)CC2)c(NC(=O)c2ccco2)s1. The van der Waals surface area contributed by atoms with E-state index in [-0.39, 0.29) is 11.9 Å². The molecule has 1 N–H and O–H groups in total. The van der Waals surface area contributed by atoms with Gasteiger partial charge in [-0.3, -0.25) is 9.69 Å². The Morgan fingerprint density at radius 1 is 1.12 bits per heavy atom. The van der Waals surface area contributed by atoms with Gasteiger partial charge in [0.15, 0.2) is 5.76 Å². The summed E-state index contributed by atoms with van der Waals surface area (Å²) >= 11 is 14.5. The second-order valence-corrected chi connectivity index (χ2v) is 9.80. The fourth-order valence-electron chi connectivity index (χ4n) is 4.13. The van der Waals surface area contributed by atoms with E-state index in [4.69, 9.17) is 27.6 Å². The maximum Gasteiger partial charge on any atom is 0.291 e. The Bertz CT molecular complexity index is 1060. The molecular formula is C24H27Cl2N3O2S. The van der Waals surface area contributed by atoms with Crippen molar-refractivity contribution in [2.24, 2.45) is 0 Å². The van der Waals surface area contributed by atoms with E-state index >= 15 is 0 Å². The molecule has 8 heteroatoms. The highest BCUT2D eigenvalue weighted by atomic mass is 35.5. The van der Waals surface area contributed by atoms with Gasteiger partial charge in [0, 0.05) is 46.7 Å². The van der Waals surface area contributed by atoms with Gasteiger partial charge in [0.1, 0.15) is 5.00 Å². The van der Waals surface area contributed by atoms with Crippen molar-refractivity contribution in [3.63, 3.8) is 0 Å². The number of thiophene rings is 1. The first-order valence-corrected chi connectivity index (χ1v) is 12.5. The van der Waals surface area contributed by atoms with Gasteiger partial charge < -0.3 is 14.6 Å². The number of furan rings is 1. The second-order valence-electron chi connectivity index (χ2n) is 7.82. The smallest absolute Gasteiger partial charge is 0.291 e. The minimum absolute atomic E-state index is 0.0813. The van der Waals surface area contributed by atoms with Crippen LogP contribution < -0.4 is 5.32 Å². The van der Waals surface area contributed by atoms with Crippen molar-refractivity contribution in [3.05, 3.63) is 74.5 Å². The van der Waals surface area contributed by atoms with Crippen LogP contribution in [0.5, 0.6) is 0 Å². The van der Waals surface area contributed by atoms with Gasteiger partial charge in [-0.15, -0.1) is 11.3 Å². The molecule has 1 fully saturated rings. The summed E-state index contributed by atoms with van der Waals surface area (Å²) in [6.45, 7) is 9.19. The lowest BCUT2D eigenvalue weighted by molar-refractivity contribution is 0.0995. The number of halogens is 2. The number of carbonyl (C=O) groups excluding carboxylic acids is 1. The van der Waals surface area contributed by atoms with Crippen molar-refractivity contribution in [2.45, 2.75) is 26.3 Å². The lowest BCUT2D eigenvalue weighted by Gasteiger charge is -2.39. The standard InChI is InChI=1S/C24H27Cl2N3O2S/c1-3-17-15-19(24(32-17)27-23(30)21-6-5-13-31-21)22(18-8-7-16(25)14-20(18)26)29-11-9-28(4-2)10-12-29/h5-8,13-15,22H,3-4,9-12H2,1-2H3,(H,27,30)/t22-/m0/s1. The van der Waals surface area contributed by atoms with Crippen LogP contribution in [0.2, 0.25) is 10.0 Å². The molecule has 0 spiro atoms. The molecule has 5 nitrogen and oxygen atoms in total. The van der Waals surface area contributed by atoms with E-state index in [0.717, 1.165) is 55.3 Å². The first-order chi connectivity index (χ1) is 15.5. The van der Waals surface area contributed by atoms with Crippen molar-refractivity contribution >= 4 is 45.4 Å². The van der Waals surface area contributed by atoms with Crippen LogP contribution in [0.3, 0.4) is 0 Å². The average Bonchev–Trinajstić information content (AvgIpc) is 3.46. The molecule has 0 radical (unpaired) electrons. The van der Waals surface area contributed by atoms with Crippen LogP contribution >= 0.6 is 34.5 Å². The van der Waals surface area contributed by atoms with E-state index in [0.29, 0.717) is 15.8 Å². The van der Waals surface area contributed by atoms with Gasteiger partial charge in [-0.05, 0) is 48.9 Å². The Labute approximate surface area is 202 Å². The fourth-order valence-corrected chi connectivity index (χ4v) is 5.66. The van der Waals surface area contributed by atoms with E-state index in [1.54, 1.807) is 29.5 Å². The van der Waals surface area contributed by atoms with Gasteiger partial charge in [-0.1, -0.05) is 43.1 Å². The number of anilines is 1. The highest BCUT2D eigenvalue weighted by Gasteiger charge is 2.31. The van der Waals surface area contributed by atoms with Crippen molar-refractivity contribution in [1.29, 1.82) is 0 Å². The van der Waals surface area contributed by atoms with Crippen LogP contribution in [0.15, 0.2) is 47.1 Å². The number of piperazine rings is 1. The lowest BCUT2D eigenvalue weighted by Crippen LogP contribution is -2.47. The zero-order chi connectivity index (χ0) is 22.7. The number of aryl methyl sites for hydroxylation is 1. The summed E-state index contributed by atoms with van der Waals surface area (Å²) in [4.78, 5) is 18.9. The van der Waals surface area contributed by atoms with E-state index < -0.39 is 0 Å². The number of likely N-dealkylation sites (N-methyl/N-ethyl adjacent to an activating group) is 1. The molecule has 4 rings (SSSR count). The van der Waals surface area contributed by atoms with E-state index in [1.807, 2.05) is 12.1 Å². The van der Waals surface area contributed by atoms with Crippen LogP contribution in [-0.4, -0.2) is 48.4 Å². The topological polar surface area (TPSA) is 48.7 Å². The highest BCUT2D eigenvalue weighted by molar-refractivity contribution is 7.16. The monoisotopic (exact) mass is 491 g/mol.